The quantitative estimate of drug-likeness (QED) is 0.707. The van der Waals surface area contributed by atoms with E-state index < -0.39 is 12.0 Å². The number of ketones is 1. The Bertz CT molecular complexity index is 689. The maximum Gasteiger partial charge on any atom is 0.454 e. The predicted octanol–water partition coefficient (Wildman–Crippen LogP) is 4.38. The number of rotatable bonds is 7. The first kappa shape index (κ1) is 17.5. The van der Waals surface area contributed by atoms with Gasteiger partial charge < -0.3 is 9.30 Å². The van der Waals surface area contributed by atoms with E-state index in [4.69, 9.17) is 4.74 Å². The van der Waals surface area contributed by atoms with Gasteiger partial charge in [-0.25, -0.2) is 0 Å². The third-order valence-corrected chi connectivity index (χ3v) is 3.83. The fourth-order valence-electron chi connectivity index (χ4n) is 2.70. The number of fused-ring (bicyclic) bond motifs is 1. The van der Waals surface area contributed by atoms with Gasteiger partial charge in [-0.05, 0) is 24.5 Å². The van der Waals surface area contributed by atoms with Gasteiger partial charge in [-0.3, -0.25) is 4.79 Å². The molecule has 0 aliphatic carbocycles. The average molecular weight is 327 g/mol. The van der Waals surface area contributed by atoms with Crippen LogP contribution in [-0.4, -0.2) is 30.2 Å². The first-order chi connectivity index (χ1) is 10.9. The number of hydrogen-bond donors (Lipinski definition) is 0. The summed E-state index contributed by atoms with van der Waals surface area (Å²) in [5.41, 5.74) is 1.16. The Balaban J connectivity index is 2.61. The summed E-state index contributed by atoms with van der Waals surface area (Å²) in [4.78, 5) is 11.8. The molecule has 0 spiro atoms. The highest BCUT2D eigenvalue weighted by atomic mass is 19.4. The van der Waals surface area contributed by atoms with Crippen molar-refractivity contribution in [3.63, 3.8) is 0 Å². The second-order valence-corrected chi connectivity index (χ2v) is 5.47. The molecule has 0 atom stereocenters. The van der Waals surface area contributed by atoms with E-state index in [2.05, 4.69) is 0 Å². The van der Waals surface area contributed by atoms with E-state index in [-0.39, 0.29) is 5.56 Å². The Morgan fingerprint density at radius 1 is 1.30 bits per heavy atom. The number of nitrogens with zero attached hydrogens (tertiary/aromatic N) is 1. The maximum absolute atomic E-state index is 12.9. The normalized spacial score (nSPS) is 12.0. The van der Waals surface area contributed by atoms with Crippen molar-refractivity contribution in [1.82, 2.24) is 4.57 Å². The van der Waals surface area contributed by atoms with Gasteiger partial charge in [-0.2, -0.15) is 13.2 Å². The second-order valence-electron chi connectivity index (χ2n) is 5.47. The van der Waals surface area contributed by atoms with E-state index in [0.29, 0.717) is 30.5 Å². The molecule has 0 saturated carbocycles. The number of carbonyl (C=O) groups is 1. The molecular weight excluding hydrogens is 307 g/mol. The number of halogens is 3. The van der Waals surface area contributed by atoms with Crippen LogP contribution in [0.1, 0.15) is 35.7 Å². The lowest BCUT2D eigenvalue weighted by Gasteiger charge is -2.08. The number of methoxy groups -OCH3 is 1. The molecular formula is C17H20F3NO2. The summed E-state index contributed by atoms with van der Waals surface area (Å²) >= 11 is 0. The van der Waals surface area contributed by atoms with Gasteiger partial charge in [0.15, 0.2) is 0 Å². The summed E-state index contributed by atoms with van der Waals surface area (Å²) < 4.78 is 45.4. The van der Waals surface area contributed by atoms with Crippen molar-refractivity contribution in [3.05, 3.63) is 35.5 Å². The molecule has 6 heteroatoms. The predicted molar refractivity (Wildman–Crippen MR) is 82.8 cm³/mol. The van der Waals surface area contributed by atoms with Gasteiger partial charge in [-0.1, -0.05) is 25.5 Å². The largest absolute Gasteiger partial charge is 0.454 e. The van der Waals surface area contributed by atoms with Crippen LogP contribution < -0.4 is 0 Å². The Labute approximate surface area is 133 Å². The zero-order chi connectivity index (χ0) is 17.0. The zero-order valence-corrected chi connectivity index (χ0v) is 13.2. The summed E-state index contributed by atoms with van der Waals surface area (Å²) in [6, 6.07) is 5.36. The lowest BCUT2D eigenvalue weighted by Crippen LogP contribution is -2.22. The highest BCUT2D eigenvalue weighted by molar-refractivity contribution is 6.11. The minimum Gasteiger partial charge on any atom is -0.383 e. The van der Waals surface area contributed by atoms with E-state index in [1.807, 2.05) is 13.0 Å². The number of alkyl halides is 3. The molecule has 126 valence electrons. The highest BCUT2D eigenvalue weighted by Gasteiger charge is 2.41. The maximum atomic E-state index is 12.9. The molecule has 0 bridgehead atoms. The standard InChI is InChI=1S/C17H20F3NO2/c1-3-4-6-12-7-5-8-14-15(12)13(16(22)17(18,19)20)11-21(14)9-10-23-2/h5,7-8,11H,3-4,6,9-10H2,1-2H3. The van der Waals surface area contributed by atoms with Crippen LogP contribution in [0.2, 0.25) is 0 Å². The minimum absolute atomic E-state index is 0.268. The van der Waals surface area contributed by atoms with Crippen LogP contribution in [0.3, 0.4) is 0 Å². The number of ether oxygens (including phenoxy) is 1. The monoisotopic (exact) mass is 327 g/mol. The molecule has 1 aromatic carbocycles. The minimum atomic E-state index is -4.88. The fourth-order valence-corrected chi connectivity index (χ4v) is 2.70. The Hall–Kier alpha value is -1.82. The molecule has 2 rings (SSSR count). The van der Waals surface area contributed by atoms with Gasteiger partial charge in [0, 0.05) is 30.8 Å². The van der Waals surface area contributed by atoms with E-state index in [0.717, 1.165) is 18.4 Å². The number of hydrogen-bond acceptors (Lipinski definition) is 2. The average Bonchev–Trinajstić information content (AvgIpc) is 2.88. The van der Waals surface area contributed by atoms with Gasteiger partial charge in [0.2, 0.25) is 0 Å². The molecule has 0 fully saturated rings. The molecule has 0 amide bonds. The van der Waals surface area contributed by atoms with E-state index >= 15 is 0 Å². The van der Waals surface area contributed by atoms with Crippen molar-refractivity contribution in [2.75, 3.05) is 13.7 Å². The Kier molecular flexibility index (Phi) is 5.46. The molecule has 0 unspecified atom stereocenters. The number of carbonyl (C=O) groups excluding carboxylic acids is 1. The van der Waals surface area contributed by atoms with Gasteiger partial charge >= 0.3 is 6.18 Å². The van der Waals surface area contributed by atoms with Crippen LogP contribution >= 0.6 is 0 Å². The number of unbranched alkanes of at least 4 members (excludes halogenated alkanes) is 1. The van der Waals surface area contributed by atoms with E-state index in [1.54, 1.807) is 16.7 Å². The topological polar surface area (TPSA) is 31.2 Å². The number of aryl methyl sites for hydroxylation is 1. The number of aromatic nitrogens is 1. The fraction of sp³-hybridized carbons (Fsp3) is 0.471. The lowest BCUT2D eigenvalue weighted by atomic mass is 9.99. The van der Waals surface area contributed by atoms with Crippen LogP contribution in [0.4, 0.5) is 13.2 Å². The third-order valence-electron chi connectivity index (χ3n) is 3.83. The molecule has 0 aliphatic rings. The van der Waals surface area contributed by atoms with Gasteiger partial charge in [0.1, 0.15) is 0 Å². The summed E-state index contributed by atoms with van der Waals surface area (Å²) in [7, 11) is 1.53. The highest BCUT2D eigenvalue weighted by Crippen LogP contribution is 2.31. The van der Waals surface area contributed by atoms with Crippen LogP contribution in [0.15, 0.2) is 24.4 Å². The Morgan fingerprint density at radius 2 is 2.04 bits per heavy atom. The number of Topliss-reactive ketones (excluding diaryl/α,β-unsaturated/α-hetero) is 1. The summed E-state index contributed by atoms with van der Waals surface area (Å²) in [6.45, 7) is 2.78. The second kappa shape index (κ2) is 7.17. The van der Waals surface area contributed by atoms with Crippen molar-refractivity contribution in [1.29, 1.82) is 0 Å². The zero-order valence-electron chi connectivity index (χ0n) is 13.2. The van der Waals surface area contributed by atoms with Crippen LogP contribution in [-0.2, 0) is 17.7 Å². The lowest BCUT2D eigenvalue weighted by molar-refractivity contribution is -0.0884. The van der Waals surface area contributed by atoms with E-state index in [1.165, 1.54) is 13.3 Å². The Morgan fingerprint density at radius 3 is 2.65 bits per heavy atom. The van der Waals surface area contributed by atoms with Crippen LogP contribution in [0.25, 0.3) is 10.9 Å². The molecule has 0 N–H and O–H groups in total. The number of benzene rings is 1. The summed E-state index contributed by atoms with van der Waals surface area (Å²) in [5.74, 6) is -1.79. The first-order valence-electron chi connectivity index (χ1n) is 7.61. The molecule has 23 heavy (non-hydrogen) atoms. The first-order valence-corrected chi connectivity index (χ1v) is 7.61. The van der Waals surface area contributed by atoms with Crippen molar-refractivity contribution >= 4 is 16.7 Å². The third kappa shape index (κ3) is 3.75. The van der Waals surface area contributed by atoms with Gasteiger partial charge in [0.25, 0.3) is 5.78 Å². The molecule has 0 radical (unpaired) electrons. The molecule has 0 saturated heterocycles. The molecule has 2 aromatic rings. The van der Waals surface area contributed by atoms with Crippen molar-refractivity contribution in [3.8, 4) is 0 Å². The summed E-state index contributed by atoms with van der Waals surface area (Å²) in [6.07, 6.45) is -1.13. The van der Waals surface area contributed by atoms with E-state index in [9.17, 15) is 18.0 Å². The van der Waals surface area contributed by atoms with Crippen molar-refractivity contribution < 1.29 is 22.7 Å². The van der Waals surface area contributed by atoms with Crippen molar-refractivity contribution in [2.45, 2.75) is 38.9 Å². The molecule has 0 aliphatic heterocycles. The summed E-state index contributed by atoms with van der Waals surface area (Å²) in [5, 5.41) is 0.416. The van der Waals surface area contributed by atoms with Crippen molar-refractivity contribution in [2.24, 2.45) is 0 Å². The smallest absolute Gasteiger partial charge is 0.383 e. The van der Waals surface area contributed by atoms with Gasteiger partial charge in [-0.15, -0.1) is 0 Å². The molecule has 1 aromatic heterocycles. The van der Waals surface area contributed by atoms with Crippen LogP contribution in [0, 0.1) is 0 Å². The molecule has 1 heterocycles. The van der Waals surface area contributed by atoms with Gasteiger partial charge in [0.05, 0.1) is 12.2 Å². The SMILES string of the molecule is CCCCc1cccc2c1c(C(=O)C(F)(F)F)cn2CCOC. The molecule has 3 nitrogen and oxygen atoms in total. The van der Waals surface area contributed by atoms with Crippen LogP contribution in [0.5, 0.6) is 0 Å².